The number of phenols is 1. The zero-order valence-electron chi connectivity index (χ0n) is 10.3. The highest BCUT2D eigenvalue weighted by atomic mass is 16.5. The van der Waals surface area contributed by atoms with Crippen LogP contribution < -0.4 is 5.32 Å². The molecule has 0 aromatic heterocycles. The first-order chi connectivity index (χ1) is 8.61. The molecule has 1 amide bonds. The largest absolute Gasteiger partial charge is 0.508 e. The van der Waals surface area contributed by atoms with Crippen LogP contribution in [0.3, 0.4) is 0 Å². The number of methoxy groups -OCH3 is 1. The number of ether oxygens (including phenoxy) is 1. The Bertz CT molecular complexity index is 487. The number of likely N-dealkylation sites (N-methyl/N-ethyl adjacent to an activating group) is 1. The monoisotopic (exact) mass is 249 g/mol. The standard InChI is InChI=1S/C12H15N3O3/c1-15-10(8-4-3-5-9(16)6-8)7-13-11(15)14-12(17)18-2/h3-6,10,16H,7H2,1-2H3,(H,13,14,17). The first-order valence-corrected chi connectivity index (χ1v) is 5.53. The Hall–Kier alpha value is -2.24. The summed E-state index contributed by atoms with van der Waals surface area (Å²) in [6, 6.07) is 7.01. The van der Waals surface area contributed by atoms with Gasteiger partial charge in [-0.3, -0.25) is 10.3 Å². The van der Waals surface area contributed by atoms with E-state index >= 15 is 0 Å². The molecule has 18 heavy (non-hydrogen) atoms. The fourth-order valence-electron chi connectivity index (χ4n) is 1.89. The molecule has 1 aromatic carbocycles. The maximum Gasteiger partial charge on any atom is 0.413 e. The molecule has 0 saturated carbocycles. The van der Waals surface area contributed by atoms with Gasteiger partial charge < -0.3 is 14.7 Å². The van der Waals surface area contributed by atoms with Crippen molar-refractivity contribution in [2.45, 2.75) is 6.04 Å². The summed E-state index contributed by atoms with van der Waals surface area (Å²) in [7, 11) is 3.13. The smallest absolute Gasteiger partial charge is 0.413 e. The van der Waals surface area contributed by atoms with Gasteiger partial charge in [0.1, 0.15) is 5.75 Å². The number of carbonyl (C=O) groups is 1. The first kappa shape index (κ1) is 12.2. The van der Waals surface area contributed by atoms with E-state index in [9.17, 15) is 9.90 Å². The second-order valence-corrected chi connectivity index (χ2v) is 4.00. The molecule has 0 radical (unpaired) electrons. The van der Waals surface area contributed by atoms with Gasteiger partial charge in [0.05, 0.1) is 19.7 Å². The van der Waals surface area contributed by atoms with E-state index in [1.54, 1.807) is 18.2 Å². The number of phenolic OH excluding ortho intramolecular Hbond substituents is 1. The summed E-state index contributed by atoms with van der Waals surface area (Å²) in [6.07, 6.45) is -0.544. The number of hydrogen-bond acceptors (Lipinski definition) is 5. The molecule has 0 spiro atoms. The summed E-state index contributed by atoms with van der Waals surface area (Å²) >= 11 is 0. The quantitative estimate of drug-likeness (QED) is 0.781. The Labute approximate surface area is 105 Å². The third-order valence-corrected chi connectivity index (χ3v) is 2.87. The summed E-state index contributed by atoms with van der Waals surface area (Å²) in [5.41, 5.74) is 0.947. The van der Waals surface area contributed by atoms with Crippen LogP contribution in [0.25, 0.3) is 0 Å². The van der Waals surface area contributed by atoms with Crippen LogP contribution in [0.4, 0.5) is 4.79 Å². The lowest BCUT2D eigenvalue weighted by Crippen LogP contribution is -2.40. The Balaban J connectivity index is 2.10. The van der Waals surface area contributed by atoms with E-state index in [0.717, 1.165) is 5.56 Å². The number of nitrogens with one attached hydrogen (secondary N) is 1. The summed E-state index contributed by atoms with van der Waals surface area (Å²) in [4.78, 5) is 17.2. The average molecular weight is 249 g/mol. The number of alkyl carbamates (subject to hydrolysis) is 1. The average Bonchev–Trinajstić information content (AvgIpc) is 2.71. The zero-order valence-corrected chi connectivity index (χ0v) is 10.3. The number of amides is 1. The topological polar surface area (TPSA) is 74.2 Å². The molecular formula is C12H15N3O3. The number of carbonyl (C=O) groups excluding carboxylic acids is 1. The molecule has 2 rings (SSSR count). The molecule has 1 aliphatic rings. The molecule has 96 valence electrons. The van der Waals surface area contributed by atoms with Crippen molar-refractivity contribution < 1.29 is 14.6 Å². The van der Waals surface area contributed by atoms with E-state index in [1.807, 2.05) is 18.0 Å². The number of rotatable bonds is 1. The van der Waals surface area contributed by atoms with E-state index < -0.39 is 6.09 Å². The van der Waals surface area contributed by atoms with Crippen molar-refractivity contribution in [1.29, 1.82) is 0 Å². The Kier molecular flexibility index (Phi) is 3.36. The Morgan fingerprint density at radius 1 is 1.61 bits per heavy atom. The van der Waals surface area contributed by atoms with Gasteiger partial charge in [-0.1, -0.05) is 12.1 Å². The lowest BCUT2D eigenvalue weighted by atomic mass is 10.1. The van der Waals surface area contributed by atoms with Crippen LogP contribution in [-0.4, -0.2) is 42.8 Å². The first-order valence-electron chi connectivity index (χ1n) is 5.53. The van der Waals surface area contributed by atoms with Gasteiger partial charge in [0.25, 0.3) is 0 Å². The van der Waals surface area contributed by atoms with Gasteiger partial charge in [-0.15, -0.1) is 0 Å². The number of aliphatic imine (C=N–C) groups is 1. The SMILES string of the molecule is COC(=O)NC1=NCC(c2cccc(O)c2)N1C. The molecule has 0 saturated heterocycles. The highest BCUT2D eigenvalue weighted by Gasteiger charge is 2.27. The van der Waals surface area contributed by atoms with Crippen molar-refractivity contribution >= 4 is 12.1 Å². The number of aromatic hydroxyl groups is 1. The molecule has 0 aliphatic carbocycles. The molecule has 1 unspecified atom stereocenters. The van der Waals surface area contributed by atoms with Crippen molar-refractivity contribution in [3.63, 3.8) is 0 Å². The number of benzene rings is 1. The van der Waals surface area contributed by atoms with E-state index in [0.29, 0.717) is 12.5 Å². The van der Waals surface area contributed by atoms with Crippen molar-refractivity contribution in [2.75, 3.05) is 20.7 Å². The van der Waals surface area contributed by atoms with E-state index in [1.165, 1.54) is 7.11 Å². The van der Waals surface area contributed by atoms with E-state index in [4.69, 9.17) is 0 Å². The van der Waals surface area contributed by atoms with Gasteiger partial charge in [-0.05, 0) is 17.7 Å². The van der Waals surface area contributed by atoms with Crippen LogP contribution >= 0.6 is 0 Å². The summed E-state index contributed by atoms with van der Waals surface area (Å²) in [5, 5.41) is 12.0. The molecule has 0 fully saturated rings. The maximum atomic E-state index is 11.1. The van der Waals surface area contributed by atoms with Crippen molar-refractivity contribution in [1.82, 2.24) is 10.2 Å². The normalized spacial score (nSPS) is 18.4. The van der Waals surface area contributed by atoms with Gasteiger partial charge in [0.2, 0.25) is 5.96 Å². The summed E-state index contributed by atoms with van der Waals surface area (Å²) in [6.45, 7) is 0.527. The molecule has 1 atom stereocenters. The molecule has 2 N–H and O–H groups in total. The van der Waals surface area contributed by atoms with Gasteiger partial charge in [0.15, 0.2) is 0 Å². The second-order valence-electron chi connectivity index (χ2n) is 4.00. The van der Waals surface area contributed by atoms with Crippen LogP contribution in [0.1, 0.15) is 11.6 Å². The van der Waals surface area contributed by atoms with Crippen LogP contribution in [0.2, 0.25) is 0 Å². The van der Waals surface area contributed by atoms with E-state index in [-0.39, 0.29) is 11.8 Å². The number of nitrogens with zero attached hydrogens (tertiary/aromatic N) is 2. The minimum Gasteiger partial charge on any atom is -0.508 e. The minimum atomic E-state index is -0.544. The Morgan fingerprint density at radius 2 is 2.39 bits per heavy atom. The van der Waals surface area contributed by atoms with Crippen molar-refractivity contribution in [2.24, 2.45) is 4.99 Å². The van der Waals surface area contributed by atoms with Crippen LogP contribution in [0.15, 0.2) is 29.3 Å². The highest BCUT2D eigenvalue weighted by molar-refractivity contribution is 5.94. The van der Waals surface area contributed by atoms with Gasteiger partial charge in [-0.25, -0.2) is 4.79 Å². The highest BCUT2D eigenvalue weighted by Crippen LogP contribution is 2.26. The number of hydrogen-bond donors (Lipinski definition) is 2. The molecule has 1 aromatic rings. The van der Waals surface area contributed by atoms with Gasteiger partial charge in [0, 0.05) is 7.05 Å². The summed E-state index contributed by atoms with van der Waals surface area (Å²) in [5.74, 6) is 0.686. The lowest BCUT2D eigenvalue weighted by molar-refractivity contribution is 0.175. The Morgan fingerprint density at radius 3 is 3.06 bits per heavy atom. The fraction of sp³-hybridized carbons (Fsp3) is 0.333. The second kappa shape index (κ2) is 4.95. The molecule has 6 nitrogen and oxygen atoms in total. The minimum absolute atomic E-state index is 0.00394. The predicted octanol–water partition coefficient (Wildman–Crippen LogP) is 1.09. The third kappa shape index (κ3) is 2.37. The van der Waals surface area contributed by atoms with Crippen molar-refractivity contribution in [3.05, 3.63) is 29.8 Å². The molecule has 6 heteroatoms. The van der Waals surface area contributed by atoms with Gasteiger partial charge in [-0.2, -0.15) is 0 Å². The number of guanidine groups is 1. The maximum absolute atomic E-state index is 11.1. The van der Waals surface area contributed by atoms with Crippen LogP contribution in [0, 0.1) is 0 Å². The van der Waals surface area contributed by atoms with Crippen LogP contribution in [0.5, 0.6) is 5.75 Å². The zero-order chi connectivity index (χ0) is 13.1. The lowest BCUT2D eigenvalue weighted by Gasteiger charge is -2.23. The molecule has 0 bridgehead atoms. The summed E-state index contributed by atoms with van der Waals surface area (Å²) < 4.78 is 4.52. The predicted molar refractivity (Wildman–Crippen MR) is 66.5 cm³/mol. The van der Waals surface area contributed by atoms with Crippen LogP contribution in [-0.2, 0) is 4.74 Å². The molecular weight excluding hydrogens is 234 g/mol. The molecule has 1 aliphatic heterocycles. The van der Waals surface area contributed by atoms with Crippen molar-refractivity contribution in [3.8, 4) is 5.75 Å². The van der Waals surface area contributed by atoms with E-state index in [2.05, 4.69) is 15.0 Å². The third-order valence-electron chi connectivity index (χ3n) is 2.87. The molecule has 1 heterocycles. The fourth-order valence-corrected chi connectivity index (χ4v) is 1.89. The van der Waals surface area contributed by atoms with Gasteiger partial charge >= 0.3 is 6.09 Å².